The summed E-state index contributed by atoms with van der Waals surface area (Å²) in [5, 5.41) is 6.33. The largest absolute Gasteiger partial charge is 0.323 e. The van der Waals surface area contributed by atoms with E-state index in [0.29, 0.717) is 21.4 Å². The van der Waals surface area contributed by atoms with Crippen LogP contribution < -0.4 is 10.6 Å². The third-order valence-corrected chi connectivity index (χ3v) is 3.86. The van der Waals surface area contributed by atoms with E-state index < -0.39 is 0 Å². The summed E-state index contributed by atoms with van der Waals surface area (Å²) in [4.78, 5) is 11.8. The minimum absolute atomic E-state index is 0.383. The molecule has 6 heteroatoms. The number of hydrogen-bond donors (Lipinski definition) is 2. The maximum Gasteiger partial charge on any atom is 0.323 e. The van der Waals surface area contributed by atoms with E-state index in [0.717, 1.165) is 4.47 Å². The zero-order chi connectivity index (χ0) is 13.8. The van der Waals surface area contributed by atoms with Crippen LogP contribution in [0, 0.1) is 0 Å². The van der Waals surface area contributed by atoms with E-state index in [9.17, 15) is 4.79 Å². The second-order valence-electron chi connectivity index (χ2n) is 3.69. The predicted octanol–water partition coefficient (Wildman–Crippen LogP) is 5.40. The van der Waals surface area contributed by atoms with Crippen LogP contribution in [0.25, 0.3) is 0 Å². The van der Waals surface area contributed by atoms with Crippen molar-refractivity contribution in [2.75, 3.05) is 10.6 Å². The molecule has 2 aromatic carbocycles. The molecule has 3 nitrogen and oxygen atoms in total. The Kier molecular flexibility index (Phi) is 4.69. The van der Waals surface area contributed by atoms with Crippen molar-refractivity contribution in [3.8, 4) is 0 Å². The number of halogens is 3. The molecular weight excluding hydrogens is 351 g/mol. The van der Waals surface area contributed by atoms with Crippen molar-refractivity contribution in [1.29, 1.82) is 0 Å². The van der Waals surface area contributed by atoms with Gasteiger partial charge in [-0.3, -0.25) is 0 Å². The fraction of sp³-hybridized carbons (Fsp3) is 0. The first-order valence-corrected chi connectivity index (χ1v) is 6.89. The second kappa shape index (κ2) is 6.28. The summed E-state index contributed by atoms with van der Waals surface area (Å²) in [6.07, 6.45) is 0. The molecule has 0 aliphatic rings. The highest BCUT2D eigenvalue weighted by atomic mass is 79.9. The van der Waals surface area contributed by atoms with Crippen molar-refractivity contribution in [3.05, 3.63) is 57.0 Å². The average molecular weight is 360 g/mol. The summed E-state index contributed by atoms with van der Waals surface area (Å²) in [7, 11) is 0. The monoisotopic (exact) mass is 358 g/mol. The van der Waals surface area contributed by atoms with Crippen molar-refractivity contribution in [2.24, 2.45) is 0 Å². The number of carbonyl (C=O) groups is 1. The van der Waals surface area contributed by atoms with E-state index in [4.69, 9.17) is 23.2 Å². The summed E-state index contributed by atoms with van der Waals surface area (Å²) in [5.74, 6) is 0. The fourth-order valence-electron chi connectivity index (χ4n) is 1.42. The van der Waals surface area contributed by atoms with Gasteiger partial charge in [0, 0.05) is 10.2 Å². The van der Waals surface area contributed by atoms with E-state index in [-0.39, 0.29) is 6.03 Å². The lowest BCUT2D eigenvalue weighted by atomic mass is 10.3. The van der Waals surface area contributed by atoms with Crippen LogP contribution in [0.5, 0.6) is 0 Å². The molecule has 0 fully saturated rings. The molecule has 0 saturated carbocycles. The Hall–Kier alpha value is -1.23. The average Bonchev–Trinajstić information content (AvgIpc) is 2.37. The van der Waals surface area contributed by atoms with Crippen LogP contribution in [0.4, 0.5) is 16.2 Å². The first-order chi connectivity index (χ1) is 9.06. The van der Waals surface area contributed by atoms with E-state index in [1.165, 1.54) is 0 Å². The molecule has 19 heavy (non-hydrogen) atoms. The number of amides is 2. The van der Waals surface area contributed by atoms with Gasteiger partial charge in [0.05, 0.1) is 15.7 Å². The van der Waals surface area contributed by atoms with Gasteiger partial charge < -0.3 is 10.6 Å². The van der Waals surface area contributed by atoms with Crippen LogP contribution in [-0.2, 0) is 0 Å². The smallest absolute Gasteiger partial charge is 0.308 e. The minimum Gasteiger partial charge on any atom is -0.308 e. The number of anilines is 2. The van der Waals surface area contributed by atoms with Gasteiger partial charge in [-0.15, -0.1) is 0 Å². The van der Waals surface area contributed by atoms with Crippen molar-refractivity contribution in [1.82, 2.24) is 0 Å². The third-order valence-electron chi connectivity index (χ3n) is 2.30. The van der Waals surface area contributed by atoms with Crippen LogP contribution in [0.3, 0.4) is 0 Å². The molecule has 0 bridgehead atoms. The Morgan fingerprint density at radius 2 is 1.74 bits per heavy atom. The summed E-state index contributed by atoms with van der Waals surface area (Å²) in [6, 6.07) is 11.8. The molecule has 0 radical (unpaired) electrons. The van der Waals surface area contributed by atoms with E-state index in [2.05, 4.69) is 26.6 Å². The molecule has 2 N–H and O–H groups in total. The van der Waals surface area contributed by atoms with Gasteiger partial charge in [0.1, 0.15) is 0 Å². The lowest BCUT2D eigenvalue weighted by molar-refractivity contribution is 0.262. The second-order valence-corrected chi connectivity index (χ2v) is 5.36. The number of urea groups is 1. The molecule has 98 valence electrons. The van der Waals surface area contributed by atoms with Crippen LogP contribution in [0.1, 0.15) is 0 Å². The number of hydrogen-bond acceptors (Lipinski definition) is 1. The summed E-state index contributed by atoms with van der Waals surface area (Å²) < 4.78 is 0.770. The lowest BCUT2D eigenvalue weighted by Crippen LogP contribution is -2.19. The maximum absolute atomic E-state index is 11.8. The molecule has 0 aromatic heterocycles. The van der Waals surface area contributed by atoms with Crippen molar-refractivity contribution in [3.63, 3.8) is 0 Å². The van der Waals surface area contributed by atoms with Gasteiger partial charge in [-0.25, -0.2) is 4.79 Å². The van der Waals surface area contributed by atoms with Gasteiger partial charge in [-0.05, 0) is 46.3 Å². The highest BCUT2D eigenvalue weighted by Gasteiger charge is 2.06. The Morgan fingerprint density at radius 3 is 2.42 bits per heavy atom. The van der Waals surface area contributed by atoms with Gasteiger partial charge in [-0.2, -0.15) is 0 Å². The standard InChI is InChI=1S/C13H9BrCl2N2O/c14-9-6-5-8(7-11(9)16)17-13(19)18-12-4-2-1-3-10(12)15/h1-7H,(H2,17,18,19). The van der Waals surface area contributed by atoms with Crippen LogP contribution in [-0.4, -0.2) is 6.03 Å². The van der Waals surface area contributed by atoms with Gasteiger partial charge in [0.15, 0.2) is 0 Å². The summed E-state index contributed by atoms with van der Waals surface area (Å²) >= 11 is 15.2. The van der Waals surface area contributed by atoms with Crippen molar-refractivity contribution in [2.45, 2.75) is 0 Å². The minimum atomic E-state index is -0.383. The Bertz CT molecular complexity index is 619. The molecule has 0 aliphatic carbocycles. The molecule has 0 spiro atoms. The number of carbonyl (C=O) groups excluding carboxylic acids is 1. The number of rotatable bonds is 2. The van der Waals surface area contributed by atoms with E-state index in [1.54, 1.807) is 42.5 Å². The zero-order valence-electron chi connectivity index (χ0n) is 9.58. The molecule has 0 saturated heterocycles. The van der Waals surface area contributed by atoms with Gasteiger partial charge >= 0.3 is 6.03 Å². The molecule has 0 unspecified atom stereocenters. The molecule has 0 aliphatic heterocycles. The first-order valence-electron chi connectivity index (χ1n) is 5.34. The predicted molar refractivity (Wildman–Crippen MR) is 83.2 cm³/mol. The number of nitrogens with one attached hydrogen (secondary N) is 2. The molecule has 2 rings (SSSR count). The van der Waals surface area contributed by atoms with E-state index >= 15 is 0 Å². The van der Waals surface area contributed by atoms with Gasteiger partial charge in [0.25, 0.3) is 0 Å². The van der Waals surface area contributed by atoms with Crippen molar-refractivity contribution >= 4 is 56.5 Å². The normalized spacial score (nSPS) is 10.1. The van der Waals surface area contributed by atoms with Crippen molar-refractivity contribution < 1.29 is 4.79 Å². The molecule has 0 heterocycles. The fourth-order valence-corrected chi connectivity index (χ4v) is 2.03. The molecule has 2 amide bonds. The maximum atomic E-state index is 11.8. The Labute approximate surface area is 129 Å². The molecular formula is C13H9BrCl2N2O. The van der Waals surface area contributed by atoms with Gasteiger partial charge in [0.2, 0.25) is 0 Å². The Balaban J connectivity index is 2.05. The highest BCUT2D eigenvalue weighted by molar-refractivity contribution is 9.10. The summed E-state index contributed by atoms with van der Waals surface area (Å²) in [6.45, 7) is 0. The van der Waals surface area contributed by atoms with Crippen LogP contribution in [0.2, 0.25) is 10.0 Å². The quantitative estimate of drug-likeness (QED) is 0.740. The number of para-hydroxylation sites is 1. The lowest BCUT2D eigenvalue weighted by Gasteiger charge is -2.09. The van der Waals surface area contributed by atoms with Crippen LogP contribution >= 0.6 is 39.1 Å². The SMILES string of the molecule is O=C(Nc1ccc(Br)c(Cl)c1)Nc1ccccc1Cl. The highest BCUT2D eigenvalue weighted by Crippen LogP contribution is 2.26. The number of benzene rings is 2. The van der Waals surface area contributed by atoms with E-state index in [1.807, 2.05) is 0 Å². The summed E-state index contributed by atoms with van der Waals surface area (Å²) in [5.41, 5.74) is 1.14. The topological polar surface area (TPSA) is 41.1 Å². The van der Waals surface area contributed by atoms with Gasteiger partial charge in [-0.1, -0.05) is 35.3 Å². The third kappa shape index (κ3) is 3.86. The van der Waals surface area contributed by atoms with Crippen LogP contribution in [0.15, 0.2) is 46.9 Å². The first kappa shape index (κ1) is 14.2. The molecule has 0 atom stereocenters. The Morgan fingerprint density at radius 1 is 1.00 bits per heavy atom. The molecule has 2 aromatic rings. The zero-order valence-corrected chi connectivity index (χ0v) is 12.7.